The van der Waals surface area contributed by atoms with Crippen LogP contribution in [0.4, 0.5) is 0 Å². The van der Waals surface area contributed by atoms with Gasteiger partial charge in [0.1, 0.15) is 5.01 Å². The van der Waals surface area contributed by atoms with Gasteiger partial charge < -0.3 is 5.73 Å². The Bertz CT molecular complexity index is 685. The van der Waals surface area contributed by atoms with E-state index in [-0.39, 0.29) is 5.54 Å². The van der Waals surface area contributed by atoms with E-state index >= 15 is 0 Å². The van der Waals surface area contributed by atoms with Gasteiger partial charge in [-0.15, -0.1) is 11.3 Å². The van der Waals surface area contributed by atoms with Crippen LogP contribution >= 0.6 is 11.3 Å². The van der Waals surface area contributed by atoms with Crippen LogP contribution in [0.3, 0.4) is 0 Å². The number of nitrogens with zero attached hydrogens (tertiary/aromatic N) is 2. The van der Waals surface area contributed by atoms with Crippen molar-refractivity contribution >= 4 is 11.3 Å². The third-order valence-corrected chi connectivity index (χ3v) is 5.31. The molecule has 1 aromatic heterocycles. The van der Waals surface area contributed by atoms with E-state index in [9.17, 15) is 0 Å². The zero-order valence-corrected chi connectivity index (χ0v) is 13.0. The van der Waals surface area contributed by atoms with Crippen molar-refractivity contribution in [2.45, 2.75) is 38.1 Å². The second-order valence-corrected chi connectivity index (χ2v) is 6.95. The maximum absolute atomic E-state index is 9.00. The molecule has 0 spiro atoms. The highest BCUT2D eigenvalue weighted by Crippen LogP contribution is 2.40. The first-order chi connectivity index (χ1) is 10.1. The van der Waals surface area contributed by atoms with Crippen LogP contribution in [0.15, 0.2) is 29.6 Å². The Morgan fingerprint density at radius 2 is 2.33 bits per heavy atom. The van der Waals surface area contributed by atoms with Gasteiger partial charge in [-0.05, 0) is 30.9 Å². The van der Waals surface area contributed by atoms with E-state index in [1.54, 1.807) is 11.3 Å². The molecule has 0 aliphatic heterocycles. The fourth-order valence-corrected chi connectivity index (χ4v) is 4.15. The lowest BCUT2D eigenvalue weighted by molar-refractivity contribution is 0.238. The summed E-state index contributed by atoms with van der Waals surface area (Å²) in [5.41, 5.74) is 8.92. The van der Waals surface area contributed by atoms with Gasteiger partial charge in [0.05, 0.1) is 22.9 Å². The molecule has 108 valence electrons. The maximum atomic E-state index is 9.00. The minimum Gasteiger partial charge on any atom is -0.319 e. The minimum absolute atomic E-state index is 0.270. The zero-order chi connectivity index (χ0) is 14.9. The second kappa shape index (κ2) is 5.59. The van der Waals surface area contributed by atoms with Crippen molar-refractivity contribution in [1.82, 2.24) is 4.98 Å². The largest absolute Gasteiger partial charge is 0.319 e. The number of nitriles is 1. The van der Waals surface area contributed by atoms with Crippen LogP contribution in [0, 0.1) is 17.2 Å². The molecule has 21 heavy (non-hydrogen) atoms. The van der Waals surface area contributed by atoms with Crippen molar-refractivity contribution in [3.63, 3.8) is 0 Å². The molecular weight excluding hydrogens is 278 g/mol. The van der Waals surface area contributed by atoms with Gasteiger partial charge in [-0.2, -0.15) is 5.26 Å². The number of rotatable bonds is 2. The summed E-state index contributed by atoms with van der Waals surface area (Å²) in [6, 6.07) is 9.75. The Labute approximate surface area is 129 Å². The van der Waals surface area contributed by atoms with Crippen LogP contribution in [-0.2, 0) is 5.54 Å². The molecule has 4 heteroatoms. The molecule has 1 fully saturated rings. The summed E-state index contributed by atoms with van der Waals surface area (Å²) in [4.78, 5) is 4.77. The molecule has 0 radical (unpaired) electrons. The van der Waals surface area contributed by atoms with Crippen LogP contribution in [0.25, 0.3) is 11.3 Å². The molecule has 2 atom stereocenters. The van der Waals surface area contributed by atoms with Gasteiger partial charge >= 0.3 is 0 Å². The van der Waals surface area contributed by atoms with E-state index in [1.165, 1.54) is 12.8 Å². The average molecular weight is 297 g/mol. The quantitative estimate of drug-likeness (QED) is 0.909. The van der Waals surface area contributed by atoms with Gasteiger partial charge in [0.25, 0.3) is 0 Å². The number of thiazole rings is 1. The molecule has 3 rings (SSSR count). The Hall–Kier alpha value is -1.70. The predicted octanol–water partition coefficient (Wildman–Crippen LogP) is 4.05. The van der Waals surface area contributed by atoms with Crippen molar-refractivity contribution in [2.24, 2.45) is 11.7 Å². The van der Waals surface area contributed by atoms with E-state index in [0.29, 0.717) is 11.5 Å². The van der Waals surface area contributed by atoms with Crippen LogP contribution in [-0.4, -0.2) is 4.98 Å². The normalized spacial score (nSPS) is 25.5. The number of aromatic nitrogens is 1. The van der Waals surface area contributed by atoms with E-state index < -0.39 is 0 Å². The van der Waals surface area contributed by atoms with Crippen molar-refractivity contribution in [2.75, 3.05) is 0 Å². The summed E-state index contributed by atoms with van der Waals surface area (Å²) >= 11 is 1.65. The molecule has 1 aliphatic carbocycles. The lowest BCUT2D eigenvalue weighted by Gasteiger charge is -2.35. The number of hydrogen-bond acceptors (Lipinski definition) is 4. The smallest absolute Gasteiger partial charge is 0.113 e. The molecule has 1 saturated carbocycles. The lowest BCUT2D eigenvalue weighted by Crippen LogP contribution is -2.40. The van der Waals surface area contributed by atoms with E-state index in [0.717, 1.165) is 29.1 Å². The maximum Gasteiger partial charge on any atom is 0.113 e. The molecule has 0 amide bonds. The number of benzene rings is 1. The third-order valence-electron chi connectivity index (χ3n) is 4.25. The molecule has 1 aromatic carbocycles. The molecule has 0 bridgehead atoms. The lowest BCUT2D eigenvalue weighted by atomic mass is 9.77. The van der Waals surface area contributed by atoms with Crippen LogP contribution < -0.4 is 5.73 Å². The van der Waals surface area contributed by atoms with Crippen molar-refractivity contribution < 1.29 is 0 Å². The highest BCUT2D eigenvalue weighted by atomic mass is 32.1. The van der Waals surface area contributed by atoms with E-state index in [1.807, 2.05) is 24.3 Å². The van der Waals surface area contributed by atoms with Gasteiger partial charge in [-0.25, -0.2) is 4.98 Å². The molecule has 2 aromatic rings. The Balaban J connectivity index is 1.91. The van der Waals surface area contributed by atoms with Crippen LogP contribution in [0.5, 0.6) is 0 Å². The highest BCUT2D eigenvalue weighted by molar-refractivity contribution is 7.10. The molecule has 0 saturated heterocycles. The average Bonchev–Trinajstić information content (AvgIpc) is 2.98. The fraction of sp³-hybridized carbons (Fsp3) is 0.412. The summed E-state index contributed by atoms with van der Waals surface area (Å²) in [6.07, 6.45) is 4.47. The predicted molar refractivity (Wildman–Crippen MR) is 85.8 cm³/mol. The summed E-state index contributed by atoms with van der Waals surface area (Å²) < 4.78 is 0. The van der Waals surface area contributed by atoms with E-state index in [2.05, 4.69) is 18.4 Å². The fourth-order valence-electron chi connectivity index (χ4n) is 3.17. The zero-order valence-electron chi connectivity index (χ0n) is 12.2. The molecular formula is C17H19N3S. The van der Waals surface area contributed by atoms with Gasteiger partial charge in [0.2, 0.25) is 0 Å². The summed E-state index contributed by atoms with van der Waals surface area (Å²) in [7, 11) is 0. The summed E-state index contributed by atoms with van der Waals surface area (Å²) in [6.45, 7) is 2.27. The van der Waals surface area contributed by atoms with Crippen molar-refractivity contribution in [1.29, 1.82) is 5.26 Å². The van der Waals surface area contributed by atoms with Crippen LogP contribution in [0.2, 0.25) is 0 Å². The Morgan fingerprint density at radius 1 is 1.48 bits per heavy atom. The van der Waals surface area contributed by atoms with Crippen LogP contribution in [0.1, 0.15) is 43.2 Å². The summed E-state index contributed by atoms with van der Waals surface area (Å²) in [5.74, 6) is 0.665. The Morgan fingerprint density at radius 3 is 3.10 bits per heavy atom. The molecule has 2 unspecified atom stereocenters. The molecule has 1 aliphatic rings. The third kappa shape index (κ3) is 2.85. The first-order valence-corrected chi connectivity index (χ1v) is 8.24. The topological polar surface area (TPSA) is 62.7 Å². The highest BCUT2D eigenvalue weighted by Gasteiger charge is 2.35. The SMILES string of the molecule is CC1CCCC(N)(c2nc(-c3cccc(C#N)c3)cs2)C1. The molecule has 2 N–H and O–H groups in total. The van der Waals surface area contributed by atoms with Gasteiger partial charge in [-0.3, -0.25) is 0 Å². The monoisotopic (exact) mass is 297 g/mol. The molecule has 3 nitrogen and oxygen atoms in total. The first kappa shape index (κ1) is 14.2. The van der Waals surface area contributed by atoms with Gasteiger partial charge in [0.15, 0.2) is 0 Å². The van der Waals surface area contributed by atoms with Crippen molar-refractivity contribution in [3.8, 4) is 17.3 Å². The van der Waals surface area contributed by atoms with Crippen molar-refractivity contribution in [3.05, 3.63) is 40.2 Å². The second-order valence-electron chi connectivity index (χ2n) is 6.09. The minimum atomic E-state index is -0.270. The van der Waals surface area contributed by atoms with Gasteiger partial charge in [0, 0.05) is 10.9 Å². The van der Waals surface area contributed by atoms with Gasteiger partial charge in [-0.1, -0.05) is 31.9 Å². The Kier molecular flexibility index (Phi) is 3.79. The summed E-state index contributed by atoms with van der Waals surface area (Å²) in [5, 5.41) is 12.1. The number of nitrogens with two attached hydrogens (primary N) is 1. The number of hydrogen-bond donors (Lipinski definition) is 1. The standard InChI is InChI=1S/C17H19N3S/c1-12-4-3-7-17(19,9-12)16-20-15(11-21-16)14-6-2-5-13(8-14)10-18/h2,5-6,8,11-12H,3-4,7,9,19H2,1H3. The first-order valence-electron chi connectivity index (χ1n) is 7.36. The van der Waals surface area contributed by atoms with E-state index in [4.69, 9.17) is 16.0 Å². The molecule has 1 heterocycles.